The van der Waals surface area contributed by atoms with E-state index in [0.29, 0.717) is 34.3 Å². The van der Waals surface area contributed by atoms with Crippen molar-refractivity contribution in [2.24, 2.45) is 5.73 Å². The highest BCUT2D eigenvalue weighted by Gasteiger charge is 2.21. The average Bonchev–Trinajstić information content (AvgIpc) is 3.43. The maximum atomic E-state index is 13.1. The molecule has 0 aliphatic rings. The lowest BCUT2D eigenvalue weighted by atomic mass is 10.1. The Hall–Kier alpha value is -3.84. The fraction of sp³-hybridized carbons (Fsp3) is 0.0870. The van der Waals surface area contributed by atoms with Gasteiger partial charge in [-0.3, -0.25) is 9.59 Å². The highest BCUT2D eigenvalue weighted by atomic mass is 35.5. The number of primary amides is 1. The summed E-state index contributed by atoms with van der Waals surface area (Å²) in [5, 5.41) is 5.07. The molecule has 0 atom stereocenters. The molecule has 0 saturated heterocycles. The van der Waals surface area contributed by atoms with Gasteiger partial charge in [-0.05, 0) is 48.0 Å². The van der Waals surface area contributed by atoms with E-state index >= 15 is 0 Å². The summed E-state index contributed by atoms with van der Waals surface area (Å²) in [6.45, 7) is 0.292. The number of aromatic nitrogens is 2. The number of benzene rings is 2. The zero-order valence-electron chi connectivity index (χ0n) is 16.7. The maximum absolute atomic E-state index is 13.1. The molecule has 0 aliphatic heterocycles. The molecular weight excluding hydrogens is 416 g/mol. The minimum atomic E-state index is -0.515. The third-order valence-corrected chi connectivity index (χ3v) is 4.97. The van der Waals surface area contributed by atoms with Crippen LogP contribution in [0.4, 0.5) is 0 Å². The Kier molecular flexibility index (Phi) is 5.60. The van der Waals surface area contributed by atoms with Crippen LogP contribution in [0.3, 0.4) is 0 Å². The van der Waals surface area contributed by atoms with Gasteiger partial charge in [0.2, 0.25) is 5.91 Å². The van der Waals surface area contributed by atoms with Crippen LogP contribution >= 0.6 is 11.6 Å². The Balaban J connectivity index is 1.66. The van der Waals surface area contributed by atoms with Crippen molar-refractivity contribution in [2.75, 3.05) is 7.05 Å². The molecule has 0 aliphatic carbocycles. The Morgan fingerprint density at radius 1 is 1.10 bits per heavy atom. The maximum Gasteiger partial charge on any atom is 0.274 e. The van der Waals surface area contributed by atoms with Gasteiger partial charge in [0.1, 0.15) is 5.69 Å². The van der Waals surface area contributed by atoms with Crippen molar-refractivity contribution < 1.29 is 14.0 Å². The molecule has 0 fully saturated rings. The second kappa shape index (κ2) is 8.49. The molecule has 0 bridgehead atoms. The van der Waals surface area contributed by atoms with Crippen LogP contribution in [0.5, 0.6) is 0 Å². The number of hydrogen-bond acceptors (Lipinski definition) is 4. The smallest absolute Gasteiger partial charge is 0.274 e. The molecule has 0 radical (unpaired) electrons. The van der Waals surface area contributed by atoms with E-state index in [1.54, 1.807) is 66.5 Å². The van der Waals surface area contributed by atoms with Crippen LogP contribution in [-0.4, -0.2) is 33.5 Å². The van der Waals surface area contributed by atoms with Gasteiger partial charge in [-0.15, -0.1) is 0 Å². The van der Waals surface area contributed by atoms with Gasteiger partial charge in [0, 0.05) is 30.2 Å². The van der Waals surface area contributed by atoms with Crippen LogP contribution in [0.2, 0.25) is 5.02 Å². The van der Waals surface area contributed by atoms with Crippen LogP contribution in [0, 0.1) is 0 Å². The number of amides is 2. The lowest BCUT2D eigenvalue weighted by Gasteiger charge is -2.16. The number of nitrogens with zero attached hydrogens (tertiary/aromatic N) is 3. The summed E-state index contributed by atoms with van der Waals surface area (Å²) in [4.78, 5) is 26.0. The molecule has 31 heavy (non-hydrogen) atoms. The highest BCUT2D eigenvalue weighted by Crippen LogP contribution is 2.26. The third-order valence-electron chi connectivity index (χ3n) is 4.73. The van der Waals surface area contributed by atoms with E-state index in [9.17, 15) is 9.59 Å². The van der Waals surface area contributed by atoms with E-state index in [0.717, 1.165) is 5.56 Å². The van der Waals surface area contributed by atoms with Crippen LogP contribution in [0.15, 0.2) is 77.4 Å². The predicted octanol–water partition coefficient (Wildman–Crippen LogP) is 4.16. The number of furan rings is 1. The predicted molar refractivity (Wildman–Crippen MR) is 117 cm³/mol. The zero-order valence-corrected chi connectivity index (χ0v) is 17.4. The van der Waals surface area contributed by atoms with E-state index in [4.69, 9.17) is 21.8 Å². The van der Waals surface area contributed by atoms with E-state index < -0.39 is 5.91 Å². The molecule has 156 valence electrons. The third kappa shape index (κ3) is 4.36. The second-order valence-electron chi connectivity index (χ2n) is 7.01. The van der Waals surface area contributed by atoms with Crippen molar-refractivity contribution >= 4 is 23.4 Å². The molecule has 2 N–H and O–H groups in total. The molecule has 2 amide bonds. The molecular formula is C23H19ClN4O3. The van der Waals surface area contributed by atoms with E-state index in [-0.39, 0.29) is 11.6 Å². The molecule has 8 heteroatoms. The zero-order chi connectivity index (χ0) is 22.0. The van der Waals surface area contributed by atoms with Crippen molar-refractivity contribution in [3.63, 3.8) is 0 Å². The van der Waals surface area contributed by atoms with Crippen molar-refractivity contribution in [1.82, 2.24) is 14.7 Å². The molecule has 0 unspecified atom stereocenters. The Bertz CT molecular complexity index is 1250. The SMILES string of the molecule is CN(Cc1cccc(C(N)=O)c1)C(=O)c1cc(-c2ccco2)n(-c2cccc(Cl)c2)n1. The Morgan fingerprint density at radius 3 is 2.61 bits per heavy atom. The highest BCUT2D eigenvalue weighted by molar-refractivity contribution is 6.30. The topological polar surface area (TPSA) is 94.4 Å². The second-order valence-corrected chi connectivity index (χ2v) is 7.45. The number of carbonyl (C=O) groups excluding carboxylic acids is 2. The largest absolute Gasteiger partial charge is 0.463 e. The van der Waals surface area contributed by atoms with Gasteiger partial charge >= 0.3 is 0 Å². The molecule has 2 heterocycles. The van der Waals surface area contributed by atoms with Crippen molar-refractivity contribution in [3.05, 3.63) is 94.8 Å². The summed E-state index contributed by atoms with van der Waals surface area (Å²) in [6.07, 6.45) is 1.56. The van der Waals surface area contributed by atoms with Crippen molar-refractivity contribution in [1.29, 1.82) is 0 Å². The van der Waals surface area contributed by atoms with Crippen LogP contribution < -0.4 is 5.73 Å². The quantitative estimate of drug-likeness (QED) is 0.493. The number of carbonyl (C=O) groups is 2. The molecule has 0 saturated carbocycles. The fourth-order valence-electron chi connectivity index (χ4n) is 3.25. The first-order valence-electron chi connectivity index (χ1n) is 9.46. The molecule has 4 rings (SSSR count). The average molecular weight is 435 g/mol. The summed E-state index contributed by atoms with van der Waals surface area (Å²) in [6, 6.07) is 19.3. The molecule has 0 spiro atoms. The van der Waals surface area contributed by atoms with E-state index in [1.807, 2.05) is 18.2 Å². The van der Waals surface area contributed by atoms with E-state index in [2.05, 4.69) is 5.10 Å². The first-order valence-corrected chi connectivity index (χ1v) is 9.84. The summed E-state index contributed by atoms with van der Waals surface area (Å²) >= 11 is 6.14. The molecule has 2 aromatic carbocycles. The summed E-state index contributed by atoms with van der Waals surface area (Å²) in [5.74, 6) is -0.222. The molecule has 2 aromatic heterocycles. The van der Waals surface area contributed by atoms with Gasteiger partial charge in [0.25, 0.3) is 5.91 Å². The van der Waals surface area contributed by atoms with Gasteiger partial charge in [-0.2, -0.15) is 5.10 Å². The first kappa shape index (κ1) is 20.4. The monoisotopic (exact) mass is 434 g/mol. The summed E-state index contributed by atoms with van der Waals surface area (Å²) in [7, 11) is 1.67. The van der Waals surface area contributed by atoms with Gasteiger partial charge in [0.15, 0.2) is 11.5 Å². The summed E-state index contributed by atoms with van der Waals surface area (Å²) < 4.78 is 7.16. The van der Waals surface area contributed by atoms with Gasteiger partial charge in [0.05, 0.1) is 12.0 Å². The van der Waals surface area contributed by atoms with Crippen LogP contribution in [-0.2, 0) is 6.54 Å². The van der Waals surface area contributed by atoms with Crippen molar-refractivity contribution in [2.45, 2.75) is 6.54 Å². The summed E-state index contributed by atoms with van der Waals surface area (Å²) in [5.41, 5.74) is 8.10. The van der Waals surface area contributed by atoms with Gasteiger partial charge in [-0.25, -0.2) is 4.68 Å². The number of rotatable bonds is 6. The minimum Gasteiger partial charge on any atom is -0.463 e. The molecule has 4 aromatic rings. The number of nitrogens with two attached hydrogens (primary N) is 1. The Morgan fingerprint density at radius 2 is 1.90 bits per heavy atom. The lowest BCUT2D eigenvalue weighted by molar-refractivity contribution is 0.0778. The fourth-order valence-corrected chi connectivity index (χ4v) is 3.44. The Labute approximate surface area is 183 Å². The van der Waals surface area contributed by atoms with Crippen LogP contribution in [0.25, 0.3) is 17.1 Å². The van der Waals surface area contributed by atoms with Crippen LogP contribution in [0.1, 0.15) is 26.4 Å². The first-order chi connectivity index (χ1) is 14.9. The van der Waals surface area contributed by atoms with Crippen molar-refractivity contribution in [3.8, 4) is 17.1 Å². The van der Waals surface area contributed by atoms with Gasteiger partial charge in [-0.1, -0.05) is 29.8 Å². The van der Waals surface area contributed by atoms with E-state index in [1.165, 1.54) is 4.90 Å². The lowest BCUT2D eigenvalue weighted by Crippen LogP contribution is -2.27. The normalized spacial score (nSPS) is 10.8. The standard InChI is InChI=1S/C23H19ClN4O3/c1-27(14-15-5-2-6-16(11-15)22(25)29)23(30)19-13-20(21-9-4-10-31-21)28(26-19)18-8-3-7-17(24)12-18/h2-13H,14H2,1H3,(H2,25,29). The number of hydrogen-bond donors (Lipinski definition) is 1. The minimum absolute atomic E-state index is 0.250. The van der Waals surface area contributed by atoms with Gasteiger partial charge < -0.3 is 15.1 Å². The number of halogens is 1. The molecule has 7 nitrogen and oxygen atoms in total.